The molecule has 0 spiro atoms. The van der Waals surface area contributed by atoms with Crippen LogP contribution in [0, 0.1) is 34.4 Å². The van der Waals surface area contributed by atoms with Gasteiger partial charge in [-0.15, -0.1) is 0 Å². The Morgan fingerprint density at radius 2 is 1.72 bits per heavy atom. The van der Waals surface area contributed by atoms with Gasteiger partial charge in [0.2, 0.25) is 0 Å². The molecule has 1 saturated heterocycles. The number of benzene rings is 1. The number of aliphatic hydroxyl groups is 3. The van der Waals surface area contributed by atoms with Gasteiger partial charge in [-0.3, -0.25) is 0 Å². The van der Waals surface area contributed by atoms with Crippen molar-refractivity contribution in [1.29, 1.82) is 0 Å². The van der Waals surface area contributed by atoms with Crippen LogP contribution in [0.3, 0.4) is 0 Å². The van der Waals surface area contributed by atoms with Crippen molar-refractivity contribution in [3.05, 3.63) is 41.7 Å². The summed E-state index contributed by atoms with van der Waals surface area (Å²) < 4.78 is 31.2. The van der Waals surface area contributed by atoms with Crippen molar-refractivity contribution in [1.82, 2.24) is 0 Å². The summed E-state index contributed by atoms with van der Waals surface area (Å²) in [6.07, 6.45) is 5.74. The molecule has 3 saturated carbocycles. The minimum absolute atomic E-state index is 0.0191. The van der Waals surface area contributed by atoms with E-state index in [4.69, 9.17) is 14.2 Å². The Labute approximate surface area is 231 Å². The molecule has 0 radical (unpaired) electrons. The maximum absolute atomic E-state index is 13.6. The molecule has 12 atom stereocenters. The molecule has 1 aromatic rings. The fourth-order valence-corrected chi connectivity index (χ4v) is 9.52. The summed E-state index contributed by atoms with van der Waals surface area (Å²) in [7, 11) is 1.49. The molecule has 4 aliphatic carbocycles. The number of hydrogen-bond donors (Lipinski definition) is 3. The van der Waals surface area contributed by atoms with Crippen LogP contribution in [0.2, 0.25) is 0 Å². The number of halogens is 1. The lowest BCUT2D eigenvalue weighted by Gasteiger charge is -2.63. The highest BCUT2D eigenvalue weighted by atomic mass is 19.1. The molecular formula is C32H45FO6. The van der Waals surface area contributed by atoms with E-state index < -0.39 is 36.3 Å². The van der Waals surface area contributed by atoms with Gasteiger partial charge in [0, 0.05) is 12.5 Å². The van der Waals surface area contributed by atoms with Crippen molar-refractivity contribution in [3.63, 3.8) is 0 Å². The van der Waals surface area contributed by atoms with Crippen LogP contribution in [-0.4, -0.2) is 64.8 Å². The van der Waals surface area contributed by atoms with Gasteiger partial charge in [0.05, 0.1) is 17.8 Å². The standard InChI is InChI=1S/C32H45FO6/c1-18-26(34)28(37-4)27(35)29(38-18)39-22-11-14-30(2)20(17-22)7-10-25-24(30)12-15-31(3)23(13-16-32(25,31)36)19-5-8-21(33)9-6-19/h5-6,8-9,13,18,20,22,24-29,34-36H,7,10-12,14-17H2,1-4H3/t18-,20+,22-,24-,25+,26-,27-,28+,29-,30-,31+,32-/m0/s1. The Bertz CT molecular complexity index is 1090. The van der Waals surface area contributed by atoms with Gasteiger partial charge in [0.25, 0.3) is 0 Å². The van der Waals surface area contributed by atoms with Gasteiger partial charge >= 0.3 is 0 Å². The maximum Gasteiger partial charge on any atom is 0.186 e. The van der Waals surface area contributed by atoms with Gasteiger partial charge in [-0.1, -0.05) is 32.1 Å². The van der Waals surface area contributed by atoms with E-state index in [1.807, 2.05) is 12.1 Å². The van der Waals surface area contributed by atoms with Crippen molar-refractivity contribution in [2.75, 3.05) is 7.11 Å². The van der Waals surface area contributed by atoms with E-state index in [2.05, 4.69) is 19.9 Å². The molecule has 1 aliphatic heterocycles. The summed E-state index contributed by atoms with van der Waals surface area (Å²) in [6, 6.07) is 6.75. The van der Waals surface area contributed by atoms with E-state index >= 15 is 0 Å². The smallest absolute Gasteiger partial charge is 0.186 e. The highest BCUT2D eigenvalue weighted by Crippen LogP contribution is 2.69. The molecule has 216 valence electrons. The van der Waals surface area contributed by atoms with Crippen LogP contribution in [0.1, 0.15) is 77.7 Å². The zero-order valence-electron chi connectivity index (χ0n) is 23.7. The average Bonchev–Trinajstić information content (AvgIpc) is 3.19. The number of rotatable bonds is 4. The monoisotopic (exact) mass is 544 g/mol. The van der Waals surface area contributed by atoms with Crippen LogP contribution >= 0.6 is 0 Å². The molecule has 0 unspecified atom stereocenters. The lowest BCUT2D eigenvalue weighted by atomic mass is 9.43. The van der Waals surface area contributed by atoms with Gasteiger partial charge in [-0.05, 0) is 105 Å². The van der Waals surface area contributed by atoms with Crippen molar-refractivity contribution in [2.24, 2.45) is 28.6 Å². The molecule has 1 aromatic carbocycles. The summed E-state index contributed by atoms with van der Waals surface area (Å²) in [5.41, 5.74) is 1.21. The first-order valence-corrected chi connectivity index (χ1v) is 14.9. The largest absolute Gasteiger partial charge is 0.388 e. The Hall–Kier alpha value is -1.35. The van der Waals surface area contributed by atoms with E-state index in [0.29, 0.717) is 18.3 Å². The molecule has 7 heteroatoms. The predicted octanol–water partition coefficient (Wildman–Crippen LogP) is 4.84. The van der Waals surface area contributed by atoms with Crippen molar-refractivity contribution in [3.8, 4) is 0 Å². The van der Waals surface area contributed by atoms with Crippen LogP contribution in [0.15, 0.2) is 30.3 Å². The van der Waals surface area contributed by atoms with Crippen molar-refractivity contribution < 1.29 is 33.9 Å². The Morgan fingerprint density at radius 3 is 2.44 bits per heavy atom. The fraction of sp³-hybridized carbons (Fsp3) is 0.750. The molecular weight excluding hydrogens is 499 g/mol. The van der Waals surface area contributed by atoms with Crippen molar-refractivity contribution >= 4 is 5.57 Å². The van der Waals surface area contributed by atoms with Crippen LogP contribution in [0.4, 0.5) is 4.39 Å². The first kappa shape index (κ1) is 27.8. The molecule has 0 bridgehead atoms. The second-order valence-electron chi connectivity index (χ2n) is 13.5. The maximum atomic E-state index is 13.6. The van der Waals surface area contributed by atoms with Crippen LogP contribution in [-0.2, 0) is 14.2 Å². The minimum Gasteiger partial charge on any atom is -0.388 e. The zero-order chi connectivity index (χ0) is 27.7. The highest BCUT2D eigenvalue weighted by molar-refractivity contribution is 5.74. The first-order valence-electron chi connectivity index (χ1n) is 14.9. The van der Waals surface area contributed by atoms with Crippen LogP contribution in [0.5, 0.6) is 0 Å². The number of methoxy groups -OCH3 is 1. The number of ether oxygens (including phenoxy) is 3. The lowest BCUT2D eigenvalue weighted by molar-refractivity contribution is -0.313. The average molecular weight is 545 g/mol. The summed E-state index contributed by atoms with van der Waals surface area (Å²) in [4.78, 5) is 0. The number of aliphatic hydroxyl groups excluding tert-OH is 2. The van der Waals surface area contributed by atoms with E-state index in [-0.39, 0.29) is 28.7 Å². The first-order chi connectivity index (χ1) is 18.5. The van der Waals surface area contributed by atoms with E-state index in [0.717, 1.165) is 50.5 Å². The molecule has 39 heavy (non-hydrogen) atoms. The number of fused-ring (bicyclic) bond motifs is 5. The predicted molar refractivity (Wildman–Crippen MR) is 145 cm³/mol. The molecule has 1 heterocycles. The lowest BCUT2D eigenvalue weighted by Crippen LogP contribution is -2.62. The normalized spacial score (nSPS) is 49.5. The molecule has 0 aromatic heterocycles. The fourth-order valence-electron chi connectivity index (χ4n) is 9.52. The molecule has 4 fully saturated rings. The van der Waals surface area contributed by atoms with E-state index in [9.17, 15) is 19.7 Å². The Balaban J connectivity index is 1.16. The van der Waals surface area contributed by atoms with Crippen LogP contribution < -0.4 is 0 Å². The third-order valence-electron chi connectivity index (χ3n) is 11.9. The Kier molecular flexibility index (Phi) is 7.05. The summed E-state index contributed by atoms with van der Waals surface area (Å²) in [5.74, 6) is 0.930. The molecule has 6 nitrogen and oxygen atoms in total. The summed E-state index contributed by atoms with van der Waals surface area (Å²) in [5, 5.41) is 33.5. The number of hydrogen-bond acceptors (Lipinski definition) is 6. The van der Waals surface area contributed by atoms with E-state index in [1.54, 1.807) is 6.92 Å². The van der Waals surface area contributed by atoms with Crippen LogP contribution in [0.25, 0.3) is 5.57 Å². The molecule has 0 amide bonds. The second kappa shape index (κ2) is 9.88. The summed E-state index contributed by atoms with van der Waals surface area (Å²) >= 11 is 0. The third kappa shape index (κ3) is 4.18. The third-order valence-corrected chi connectivity index (χ3v) is 11.9. The highest BCUT2D eigenvalue weighted by Gasteiger charge is 2.65. The SMILES string of the molecule is CO[C@H]1[C@H](O)[C@H](O[C@H]2CC[C@@]3(C)[C@H](CC[C@@H]4[C@@H]3CC[C@]3(C)C(c5ccc(F)cc5)=CC[C@]43O)C2)O[C@@H](C)[C@@H]1O. The second-order valence-corrected chi connectivity index (χ2v) is 13.5. The van der Waals surface area contributed by atoms with Crippen molar-refractivity contribution in [2.45, 2.75) is 115 Å². The topological polar surface area (TPSA) is 88.4 Å². The Morgan fingerprint density at radius 1 is 0.974 bits per heavy atom. The quantitative estimate of drug-likeness (QED) is 0.470. The zero-order valence-corrected chi connectivity index (χ0v) is 23.7. The summed E-state index contributed by atoms with van der Waals surface area (Å²) in [6.45, 7) is 6.44. The molecule has 5 aliphatic rings. The molecule has 3 N–H and O–H groups in total. The minimum atomic E-state index is -1.04. The van der Waals surface area contributed by atoms with Gasteiger partial charge in [-0.2, -0.15) is 0 Å². The van der Waals surface area contributed by atoms with Gasteiger partial charge in [-0.25, -0.2) is 4.39 Å². The van der Waals surface area contributed by atoms with Gasteiger partial charge < -0.3 is 29.5 Å². The van der Waals surface area contributed by atoms with E-state index in [1.165, 1.54) is 24.8 Å². The van der Waals surface area contributed by atoms with Gasteiger partial charge in [0.1, 0.15) is 24.1 Å². The molecule has 6 rings (SSSR count). The van der Waals surface area contributed by atoms with Gasteiger partial charge in [0.15, 0.2) is 6.29 Å².